The first-order valence-electron chi connectivity index (χ1n) is 4.01. The van der Waals surface area contributed by atoms with Crippen LogP contribution >= 0.6 is 0 Å². The molecular formula is C10H10FNO. The van der Waals surface area contributed by atoms with Gasteiger partial charge in [0.05, 0.1) is 12.6 Å². The van der Waals surface area contributed by atoms with Crippen LogP contribution in [-0.4, -0.2) is 11.7 Å². The fourth-order valence-corrected chi connectivity index (χ4v) is 1.43. The average molecular weight is 179 g/mol. The van der Waals surface area contributed by atoms with Crippen LogP contribution in [0.2, 0.25) is 0 Å². The zero-order valence-corrected chi connectivity index (χ0v) is 7.54. The Morgan fingerprint density at radius 1 is 1.38 bits per heavy atom. The van der Waals surface area contributed by atoms with Gasteiger partial charge in [-0.25, -0.2) is 4.39 Å². The van der Waals surface area contributed by atoms with Crippen molar-refractivity contribution in [2.75, 3.05) is 7.11 Å². The molecule has 1 heterocycles. The fraction of sp³-hybridized carbons (Fsp3) is 0.200. The highest BCUT2D eigenvalue weighted by Gasteiger charge is 2.06. The molecule has 0 atom stereocenters. The zero-order valence-electron chi connectivity index (χ0n) is 7.54. The molecule has 0 N–H and O–H groups in total. The van der Waals surface area contributed by atoms with Crippen molar-refractivity contribution in [2.24, 2.45) is 7.05 Å². The molecule has 0 amide bonds. The van der Waals surface area contributed by atoms with Crippen molar-refractivity contribution in [3.63, 3.8) is 0 Å². The van der Waals surface area contributed by atoms with Crippen LogP contribution in [-0.2, 0) is 7.05 Å². The second-order valence-corrected chi connectivity index (χ2v) is 2.97. The molecule has 0 saturated heterocycles. The van der Waals surface area contributed by atoms with Crippen molar-refractivity contribution >= 4 is 10.9 Å². The first-order chi connectivity index (χ1) is 6.22. The van der Waals surface area contributed by atoms with Crippen molar-refractivity contribution in [1.82, 2.24) is 4.57 Å². The van der Waals surface area contributed by atoms with E-state index in [1.165, 1.54) is 13.2 Å². The number of halogens is 1. The van der Waals surface area contributed by atoms with Gasteiger partial charge in [0.25, 0.3) is 0 Å². The van der Waals surface area contributed by atoms with Gasteiger partial charge in [-0.2, -0.15) is 0 Å². The van der Waals surface area contributed by atoms with Gasteiger partial charge in [-0.3, -0.25) is 0 Å². The van der Waals surface area contributed by atoms with Crippen molar-refractivity contribution in [2.45, 2.75) is 0 Å². The number of fused-ring (bicyclic) bond motifs is 1. The number of nitrogens with zero attached hydrogens (tertiary/aromatic N) is 1. The second-order valence-electron chi connectivity index (χ2n) is 2.97. The van der Waals surface area contributed by atoms with Crippen molar-refractivity contribution in [1.29, 1.82) is 0 Å². The lowest BCUT2D eigenvalue weighted by Crippen LogP contribution is -1.90. The van der Waals surface area contributed by atoms with E-state index in [0.29, 0.717) is 0 Å². The van der Waals surface area contributed by atoms with Crippen LogP contribution in [0.4, 0.5) is 4.39 Å². The van der Waals surface area contributed by atoms with Gasteiger partial charge < -0.3 is 9.30 Å². The first-order valence-corrected chi connectivity index (χ1v) is 4.01. The number of rotatable bonds is 1. The third kappa shape index (κ3) is 1.16. The summed E-state index contributed by atoms with van der Waals surface area (Å²) in [6, 6.07) is 5.05. The third-order valence-electron chi connectivity index (χ3n) is 2.16. The molecule has 0 bridgehead atoms. The van der Waals surface area contributed by atoms with E-state index in [2.05, 4.69) is 0 Å². The van der Waals surface area contributed by atoms with Crippen LogP contribution in [0.25, 0.3) is 10.9 Å². The SMILES string of the molecule is COc1cc2c(ccn2C)cc1F. The molecule has 0 aliphatic heterocycles. The minimum atomic E-state index is -0.318. The third-order valence-corrected chi connectivity index (χ3v) is 2.16. The zero-order chi connectivity index (χ0) is 9.42. The largest absolute Gasteiger partial charge is 0.494 e. The maximum Gasteiger partial charge on any atom is 0.165 e. The molecule has 2 rings (SSSR count). The smallest absolute Gasteiger partial charge is 0.165 e. The molecule has 1 aromatic heterocycles. The van der Waals surface area contributed by atoms with Crippen LogP contribution in [0.1, 0.15) is 0 Å². The topological polar surface area (TPSA) is 14.2 Å². The molecule has 13 heavy (non-hydrogen) atoms. The Bertz CT molecular complexity index is 447. The summed E-state index contributed by atoms with van der Waals surface area (Å²) in [5.41, 5.74) is 0.971. The molecule has 0 aliphatic carbocycles. The number of ether oxygens (including phenoxy) is 1. The number of benzene rings is 1. The molecule has 0 unspecified atom stereocenters. The highest BCUT2D eigenvalue weighted by molar-refractivity contribution is 5.81. The van der Waals surface area contributed by atoms with E-state index in [-0.39, 0.29) is 11.6 Å². The van der Waals surface area contributed by atoms with E-state index in [9.17, 15) is 4.39 Å². The van der Waals surface area contributed by atoms with E-state index < -0.39 is 0 Å². The first kappa shape index (κ1) is 8.10. The number of hydrogen-bond donors (Lipinski definition) is 0. The van der Waals surface area contributed by atoms with E-state index in [1.807, 2.05) is 23.9 Å². The summed E-state index contributed by atoms with van der Waals surface area (Å²) in [5.74, 6) is -0.0319. The Morgan fingerprint density at radius 3 is 2.85 bits per heavy atom. The average Bonchev–Trinajstić information content (AvgIpc) is 2.46. The van der Waals surface area contributed by atoms with Gasteiger partial charge in [0.2, 0.25) is 0 Å². The van der Waals surface area contributed by atoms with Gasteiger partial charge in [0, 0.05) is 24.7 Å². The van der Waals surface area contributed by atoms with Crippen molar-refractivity contribution in [3.8, 4) is 5.75 Å². The summed E-state index contributed by atoms with van der Waals surface area (Å²) in [7, 11) is 3.38. The highest BCUT2D eigenvalue weighted by atomic mass is 19.1. The van der Waals surface area contributed by atoms with Crippen molar-refractivity contribution in [3.05, 3.63) is 30.2 Å². The molecule has 0 radical (unpaired) electrons. The molecule has 1 aromatic carbocycles. The number of aromatic nitrogens is 1. The summed E-state index contributed by atoms with van der Waals surface area (Å²) < 4.78 is 20.0. The minimum absolute atomic E-state index is 0.286. The Hall–Kier alpha value is -1.51. The van der Waals surface area contributed by atoms with Crippen LogP contribution < -0.4 is 4.74 Å². The van der Waals surface area contributed by atoms with E-state index >= 15 is 0 Å². The van der Waals surface area contributed by atoms with Gasteiger partial charge in [-0.1, -0.05) is 0 Å². The fourth-order valence-electron chi connectivity index (χ4n) is 1.43. The van der Waals surface area contributed by atoms with Gasteiger partial charge in [0.15, 0.2) is 11.6 Å². The van der Waals surface area contributed by atoms with E-state index in [1.54, 1.807) is 6.07 Å². The molecule has 3 heteroatoms. The van der Waals surface area contributed by atoms with E-state index in [0.717, 1.165) is 10.9 Å². The summed E-state index contributed by atoms with van der Waals surface area (Å²) in [6.07, 6.45) is 1.89. The summed E-state index contributed by atoms with van der Waals surface area (Å²) in [6.45, 7) is 0. The molecule has 0 spiro atoms. The molecule has 2 nitrogen and oxygen atoms in total. The lowest BCUT2D eigenvalue weighted by molar-refractivity contribution is 0.387. The van der Waals surface area contributed by atoms with E-state index in [4.69, 9.17) is 4.74 Å². The van der Waals surface area contributed by atoms with Crippen LogP contribution in [0.15, 0.2) is 24.4 Å². The molecule has 0 aliphatic rings. The molecule has 2 aromatic rings. The highest BCUT2D eigenvalue weighted by Crippen LogP contribution is 2.24. The van der Waals surface area contributed by atoms with Gasteiger partial charge >= 0.3 is 0 Å². The lowest BCUT2D eigenvalue weighted by Gasteiger charge is -2.02. The van der Waals surface area contributed by atoms with Crippen LogP contribution in [0.5, 0.6) is 5.75 Å². The van der Waals surface area contributed by atoms with Gasteiger partial charge in [-0.05, 0) is 12.1 Å². The Balaban J connectivity index is 2.77. The summed E-state index contributed by atoms with van der Waals surface area (Å²) in [5, 5.41) is 0.890. The van der Waals surface area contributed by atoms with Gasteiger partial charge in [-0.15, -0.1) is 0 Å². The predicted octanol–water partition coefficient (Wildman–Crippen LogP) is 2.33. The number of aryl methyl sites for hydroxylation is 1. The molecule has 0 saturated carbocycles. The molecular weight excluding hydrogens is 169 g/mol. The summed E-state index contributed by atoms with van der Waals surface area (Å²) in [4.78, 5) is 0. The lowest BCUT2D eigenvalue weighted by atomic mass is 10.2. The predicted molar refractivity (Wildman–Crippen MR) is 49.4 cm³/mol. The quantitative estimate of drug-likeness (QED) is 0.655. The monoisotopic (exact) mass is 179 g/mol. The second kappa shape index (κ2) is 2.76. The van der Waals surface area contributed by atoms with Crippen LogP contribution in [0, 0.1) is 5.82 Å². The summed E-state index contributed by atoms with van der Waals surface area (Å²) >= 11 is 0. The Morgan fingerprint density at radius 2 is 2.15 bits per heavy atom. The standard InChI is InChI=1S/C10H10FNO/c1-12-4-3-7-5-8(11)10(13-2)6-9(7)12/h3-6H,1-2H3. The maximum atomic E-state index is 13.2. The Kier molecular flexibility index (Phi) is 1.72. The number of hydrogen-bond acceptors (Lipinski definition) is 1. The van der Waals surface area contributed by atoms with Crippen molar-refractivity contribution < 1.29 is 9.13 Å². The molecule has 0 fully saturated rings. The Labute approximate surface area is 75.5 Å². The maximum absolute atomic E-state index is 13.2. The van der Waals surface area contributed by atoms with Gasteiger partial charge in [0.1, 0.15) is 0 Å². The number of methoxy groups -OCH3 is 1. The van der Waals surface area contributed by atoms with Crippen LogP contribution in [0.3, 0.4) is 0 Å². The minimum Gasteiger partial charge on any atom is -0.494 e. The normalized spacial score (nSPS) is 10.7. The molecule has 68 valence electrons.